The van der Waals surface area contributed by atoms with Crippen LogP contribution in [0.5, 0.6) is 0 Å². The Hall–Kier alpha value is -3.80. The third kappa shape index (κ3) is 4.07. The van der Waals surface area contributed by atoms with Crippen LogP contribution in [0, 0.1) is 10.1 Å². The Morgan fingerprint density at radius 1 is 0.963 bits per heavy atom. The monoisotopic (exact) mass is 360 g/mol. The van der Waals surface area contributed by atoms with E-state index in [4.69, 9.17) is 0 Å². The molecule has 3 aromatic rings. The van der Waals surface area contributed by atoms with Crippen LogP contribution in [0.15, 0.2) is 72.3 Å². The molecule has 0 radical (unpaired) electrons. The van der Waals surface area contributed by atoms with Crippen molar-refractivity contribution in [2.24, 2.45) is 0 Å². The highest BCUT2D eigenvalue weighted by Gasteiger charge is 2.16. The zero-order chi connectivity index (χ0) is 19.4. The second-order valence-corrected chi connectivity index (χ2v) is 5.94. The summed E-state index contributed by atoms with van der Waals surface area (Å²) < 4.78 is 0. The van der Waals surface area contributed by atoms with E-state index in [0.29, 0.717) is 5.69 Å². The van der Waals surface area contributed by atoms with Crippen molar-refractivity contribution in [3.63, 3.8) is 0 Å². The van der Waals surface area contributed by atoms with Gasteiger partial charge in [0.1, 0.15) is 0 Å². The summed E-state index contributed by atoms with van der Waals surface area (Å²) in [7, 11) is 0. The second kappa shape index (κ2) is 7.61. The number of nitrogens with zero attached hydrogens (tertiary/aromatic N) is 1. The molecule has 0 aromatic heterocycles. The average molecular weight is 360 g/mol. The summed E-state index contributed by atoms with van der Waals surface area (Å²) in [6.07, 6.45) is 1.56. The van der Waals surface area contributed by atoms with Gasteiger partial charge in [0.05, 0.1) is 10.5 Å². The third-order valence-corrected chi connectivity index (χ3v) is 4.08. The third-order valence-electron chi connectivity index (χ3n) is 4.08. The molecule has 1 amide bonds. The molecule has 0 heterocycles. The minimum absolute atomic E-state index is 0.00436. The lowest BCUT2D eigenvalue weighted by atomic mass is 10.0. The van der Waals surface area contributed by atoms with E-state index < -0.39 is 10.8 Å². The van der Waals surface area contributed by atoms with Gasteiger partial charge in [-0.2, -0.15) is 0 Å². The molecule has 134 valence electrons. The molecule has 3 aromatic carbocycles. The molecule has 3 rings (SSSR count). The van der Waals surface area contributed by atoms with Gasteiger partial charge in [-0.3, -0.25) is 19.7 Å². The van der Waals surface area contributed by atoms with Gasteiger partial charge >= 0.3 is 0 Å². The average Bonchev–Trinajstić information content (AvgIpc) is 2.66. The number of fused-ring (bicyclic) bond motifs is 1. The lowest BCUT2D eigenvalue weighted by molar-refractivity contribution is -0.384. The molecule has 1 N–H and O–H groups in total. The van der Waals surface area contributed by atoms with Crippen molar-refractivity contribution < 1.29 is 14.5 Å². The van der Waals surface area contributed by atoms with Gasteiger partial charge in [-0.15, -0.1) is 0 Å². The van der Waals surface area contributed by atoms with Crippen molar-refractivity contribution in [2.45, 2.75) is 6.92 Å². The number of Topliss-reactive ketones (excluding diaryl/α,β-unsaturated/α-hetero) is 1. The second-order valence-electron chi connectivity index (χ2n) is 5.94. The maximum absolute atomic E-state index is 12.6. The van der Waals surface area contributed by atoms with E-state index in [0.717, 1.165) is 16.3 Å². The predicted molar refractivity (Wildman–Crippen MR) is 104 cm³/mol. The Balaban J connectivity index is 1.92. The van der Waals surface area contributed by atoms with E-state index in [1.807, 2.05) is 42.5 Å². The standard InChI is InChI=1S/C21H16N2O4/c1-14(24)20(13-16-7-4-6-15-5-2-3-8-19(15)16)21(25)22-17-9-11-18(12-10-17)23(26)27/h2-13H,1H3,(H,22,25)/b20-13+. The molecule has 0 aliphatic heterocycles. The van der Waals surface area contributed by atoms with Crippen LogP contribution in [0.25, 0.3) is 16.8 Å². The quantitative estimate of drug-likeness (QED) is 0.241. The van der Waals surface area contributed by atoms with Gasteiger partial charge < -0.3 is 5.32 Å². The number of carbonyl (C=O) groups is 2. The molecule has 0 unspecified atom stereocenters. The lowest BCUT2D eigenvalue weighted by Crippen LogP contribution is -2.18. The molecule has 0 atom stereocenters. The Labute approximate surface area is 155 Å². The lowest BCUT2D eigenvalue weighted by Gasteiger charge is -2.08. The number of carbonyl (C=O) groups excluding carboxylic acids is 2. The Morgan fingerprint density at radius 3 is 2.30 bits per heavy atom. The van der Waals surface area contributed by atoms with Gasteiger partial charge in [0.15, 0.2) is 5.78 Å². The number of non-ortho nitro benzene ring substituents is 1. The molecule has 0 aliphatic rings. The number of hydrogen-bond donors (Lipinski definition) is 1. The van der Waals surface area contributed by atoms with E-state index >= 15 is 0 Å². The normalized spacial score (nSPS) is 11.2. The molecule has 0 bridgehead atoms. The largest absolute Gasteiger partial charge is 0.322 e. The highest BCUT2D eigenvalue weighted by molar-refractivity contribution is 6.26. The molecular weight excluding hydrogens is 344 g/mol. The topological polar surface area (TPSA) is 89.3 Å². The van der Waals surface area contributed by atoms with Gasteiger partial charge in [0.2, 0.25) is 0 Å². The first-order chi connectivity index (χ1) is 13.0. The van der Waals surface area contributed by atoms with Crippen molar-refractivity contribution in [3.05, 3.63) is 88.0 Å². The van der Waals surface area contributed by atoms with E-state index in [2.05, 4.69) is 5.32 Å². The Morgan fingerprint density at radius 2 is 1.63 bits per heavy atom. The first kappa shape index (κ1) is 18.0. The maximum Gasteiger partial charge on any atom is 0.269 e. The summed E-state index contributed by atoms with van der Waals surface area (Å²) in [5.74, 6) is -0.938. The number of hydrogen-bond acceptors (Lipinski definition) is 4. The number of rotatable bonds is 5. The van der Waals surface area contributed by atoms with Crippen LogP contribution in [0.2, 0.25) is 0 Å². The Bertz CT molecular complexity index is 1060. The summed E-state index contributed by atoms with van der Waals surface area (Å²) in [4.78, 5) is 34.8. The van der Waals surface area contributed by atoms with Crippen molar-refractivity contribution >= 4 is 39.9 Å². The molecule has 27 heavy (non-hydrogen) atoms. The number of nitrogens with one attached hydrogen (secondary N) is 1. The summed E-state index contributed by atoms with van der Waals surface area (Å²) in [6, 6.07) is 18.8. The van der Waals surface area contributed by atoms with Crippen LogP contribution >= 0.6 is 0 Å². The van der Waals surface area contributed by atoms with Gasteiger partial charge in [0, 0.05) is 17.8 Å². The maximum atomic E-state index is 12.6. The summed E-state index contributed by atoms with van der Waals surface area (Å²) in [5.41, 5.74) is 1.06. The zero-order valence-electron chi connectivity index (χ0n) is 14.5. The van der Waals surface area contributed by atoms with Crippen molar-refractivity contribution in [1.29, 1.82) is 0 Å². The van der Waals surface area contributed by atoms with Crippen molar-refractivity contribution in [2.75, 3.05) is 5.32 Å². The molecule has 0 fully saturated rings. The molecule has 0 aliphatic carbocycles. The number of nitro benzene ring substituents is 1. The minimum Gasteiger partial charge on any atom is -0.322 e. The molecule has 6 nitrogen and oxygen atoms in total. The fraction of sp³-hybridized carbons (Fsp3) is 0.0476. The van der Waals surface area contributed by atoms with Gasteiger partial charge in [0.25, 0.3) is 11.6 Å². The summed E-state index contributed by atoms with van der Waals surface area (Å²) in [5, 5.41) is 15.3. The SMILES string of the molecule is CC(=O)/C(=C\c1cccc2ccccc12)C(=O)Nc1ccc([N+](=O)[O-])cc1. The Kier molecular flexibility index (Phi) is 5.08. The van der Waals surface area contributed by atoms with Crippen LogP contribution < -0.4 is 5.32 Å². The van der Waals surface area contributed by atoms with Gasteiger partial charge in [-0.25, -0.2) is 0 Å². The van der Waals surface area contributed by atoms with E-state index in [-0.39, 0.29) is 17.0 Å². The smallest absolute Gasteiger partial charge is 0.269 e. The fourth-order valence-electron chi connectivity index (χ4n) is 2.72. The van der Waals surface area contributed by atoms with Crippen molar-refractivity contribution in [3.8, 4) is 0 Å². The van der Waals surface area contributed by atoms with E-state index in [1.54, 1.807) is 6.08 Å². The molecule has 6 heteroatoms. The molecule has 0 spiro atoms. The molecule has 0 saturated heterocycles. The molecule has 0 saturated carbocycles. The van der Waals surface area contributed by atoms with Crippen LogP contribution in [0.3, 0.4) is 0 Å². The fourth-order valence-corrected chi connectivity index (χ4v) is 2.72. The van der Waals surface area contributed by atoms with Crippen molar-refractivity contribution in [1.82, 2.24) is 0 Å². The van der Waals surface area contributed by atoms with Gasteiger partial charge in [-0.1, -0.05) is 42.5 Å². The predicted octanol–water partition coefficient (Wildman–Crippen LogP) is 4.36. The zero-order valence-corrected chi connectivity index (χ0v) is 14.5. The summed E-state index contributed by atoms with van der Waals surface area (Å²) >= 11 is 0. The number of nitro groups is 1. The van der Waals surface area contributed by atoms with E-state index in [1.165, 1.54) is 31.2 Å². The number of anilines is 1. The minimum atomic E-state index is -0.565. The van der Waals surface area contributed by atoms with E-state index in [9.17, 15) is 19.7 Å². The first-order valence-electron chi connectivity index (χ1n) is 8.22. The highest BCUT2D eigenvalue weighted by atomic mass is 16.6. The number of benzene rings is 3. The van der Waals surface area contributed by atoms with Gasteiger partial charge in [-0.05, 0) is 41.5 Å². The van der Waals surface area contributed by atoms with Crippen LogP contribution in [-0.2, 0) is 9.59 Å². The highest BCUT2D eigenvalue weighted by Crippen LogP contribution is 2.22. The summed E-state index contributed by atoms with van der Waals surface area (Å²) in [6.45, 7) is 1.33. The van der Waals surface area contributed by atoms with Crippen LogP contribution in [-0.4, -0.2) is 16.6 Å². The van der Waals surface area contributed by atoms with Crippen LogP contribution in [0.4, 0.5) is 11.4 Å². The number of ketones is 1. The first-order valence-corrected chi connectivity index (χ1v) is 8.22. The van der Waals surface area contributed by atoms with Crippen LogP contribution in [0.1, 0.15) is 12.5 Å². The number of amides is 1. The molecular formula is C21H16N2O4.